The fourth-order valence-corrected chi connectivity index (χ4v) is 2.86. The third-order valence-corrected chi connectivity index (χ3v) is 4.09. The highest BCUT2D eigenvalue weighted by Crippen LogP contribution is 2.22. The summed E-state index contributed by atoms with van der Waals surface area (Å²) in [5.41, 5.74) is 2.79. The van der Waals surface area contributed by atoms with Gasteiger partial charge in [-0.15, -0.1) is 0 Å². The van der Waals surface area contributed by atoms with Gasteiger partial charge in [-0.1, -0.05) is 17.7 Å². The van der Waals surface area contributed by atoms with E-state index in [1.54, 1.807) is 12.1 Å². The number of hydrogen-bond donors (Lipinski definition) is 1. The highest BCUT2D eigenvalue weighted by atomic mass is 32.1. The first-order valence-electron chi connectivity index (χ1n) is 7.61. The van der Waals surface area contributed by atoms with Crippen molar-refractivity contribution in [2.45, 2.75) is 13.8 Å². The fraction of sp³-hybridized carbons (Fsp3) is 0.167. The van der Waals surface area contributed by atoms with Crippen LogP contribution in [0.25, 0.3) is 11.4 Å². The summed E-state index contributed by atoms with van der Waals surface area (Å²) in [5.74, 6) is 0.471. The van der Waals surface area contributed by atoms with E-state index >= 15 is 0 Å². The minimum atomic E-state index is -0.323. The molecule has 0 aliphatic carbocycles. The van der Waals surface area contributed by atoms with E-state index in [0.717, 1.165) is 22.7 Å². The Hall–Kier alpha value is -2.80. The van der Waals surface area contributed by atoms with Crippen molar-refractivity contribution in [1.82, 2.24) is 9.36 Å². The Kier molecular flexibility index (Phi) is 5.04. The predicted octanol–water partition coefficient (Wildman–Crippen LogP) is 3.98. The summed E-state index contributed by atoms with van der Waals surface area (Å²) in [7, 11) is 0. The second kappa shape index (κ2) is 7.40. The summed E-state index contributed by atoms with van der Waals surface area (Å²) in [6, 6.07) is 11.6. The molecular weight excluding hydrogens is 341 g/mol. The first kappa shape index (κ1) is 17.0. The van der Waals surface area contributed by atoms with Gasteiger partial charge in [0, 0.05) is 17.1 Å². The van der Waals surface area contributed by atoms with E-state index in [1.165, 1.54) is 12.1 Å². The molecule has 1 aromatic heterocycles. The highest BCUT2D eigenvalue weighted by molar-refractivity contribution is 7.10. The van der Waals surface area contributed by atoms with Crippen molar-refractivity contribution in [2.24, 2.45) is 0 Å². The van der Waals surface area contributed by atoms with Gasteiger partial charge in [0.2, 0.25) is 5.13 Å². The lowest BCUT2D eigenvalue weighted by Crippen LogP contribution is -2.20. The second-order valence-electron chi connectivity index (χ2n) is 5.54. The number of aromatic nitrogens is 2. The van der Waals surface area contributed by atoms with Crippen molar-refractivity contribution < 1.29 is 13.9 Å². The van der Waals surface area contributed by atoms with E-state index in [9.17, 15) is 9.18 Å². The number of nitrogens with zero attached hydrogens (tertiary/aromatic N) is 2. The largest absolute Gasteiger partial charge is 0.483 e. The Morgan fingerprint density at radius 2 is 1.96 bits per heavy atom. The molecule has 3 aromatic rings. The lowest BCUT2D eigenvalue weighted by molar-refractivity contribution is -0.118. The van der Waals surface area contributed by atoms with Gasteiger partial charge in [0.1, 0.15) is 11.6 Å². The molecule has 0 atom stereocenters. The van der Waals surface area contributed by atoms with Crippen molar-refractivity contribution in [2.75, 3.05) is 11.9 Å². The Morgan fingerprint density at radius 1 is 1.20 bits per heavy atom. The number of aryl methyl sites for hydroxylation is 2. The van der Waals surface area contributed by atoms with Gasteiger partial charge in [-0.05, 0) is 49.7 Å². The van der Waals surface area contributed by atoms with Crippen molar-refractivity contribution in [3.8, 4) is 17.1 Å². The number of rotatable bonds is 5. The van der Waals surface area contributed by atoms with Crippen molar-refractivity contribution in [1.29, 1.82) is 0 Å². The average molecular weight is 357 g/mol. The molecule has 0 spiro atoms. The molecule has 25 heavy (non-hydrogen) atoms. The number of carbonyl (C=O) groups excluding carboxylic acids is 1. The molecule has 0 saturated carbocycles. The fourth-order valence-electron chi connectivity index (χ4n) is 2.25. The molecule has 1 heterocycles. The van der Waals surface area contributed by atoms with Gasteiger partial charge in [-0.2, -0.15) is 9.36 Å². The average Bonchev–Trinajstić information content (AvgIpc) is 3.03. The van der Waals surface area contributed by atoms with Crippen LogP contribution in [0.4, 0.5) is 9.52 Å². The topological polar surface area (TPSA) is 64.1 Å². The molecule has 0 aliphatic rings. The maximum atomic E-state index is 12.9. The normalized spacial score (nSPS) is 10.5. The zero-order valence-electron chi connectivity index (χ0n) is 13.7. The standard InChI is InChI=1S/C18H16FN3O2S/c1-11-3-8-15(12(2)9-11)24-10-16(23)20-18-21-17(22-25-18)13-4-6-14(19)7-5-13/h3-9H,10H2,1-2H3,(H,20,21,22,23). The van der Waals surface area contributed by atoms with Crippen LogP contribution in [0.5, 0.6) is 5.75 Å². The number of anilines is 1. The number of halogens is 1. The molecule has 128 valence electrons. The van der Waals surface area contributed by atoms with Crippen molar-refractivity contribution in [3.63, 3.8) is 0 Å². The van der Waals surface area contributed by atoms with Gasteiger partial charge >= 0.3 is 0 Å². The summed E-state index contributed by atoms with van der Waals surface area (Å²) < 4.78 is 22.6. The van der Waals surface area contributed by atoms with Gasteiger partial charge in [0.15, 0.2) is 12.4 Å². The number of carbonyl (C=O) groups is 1. The molecule has 5 nitrogen and oxygen atoms in total. The van der Waals surface area contributed by atoms with Crippen LogP contribution in [0.15, 0.2) is 42.5 Å². The monoisotopic (exact) mass is 357 g/mol. The minimum absolute atomic E-state index is 0.116. The Labute approximate surface area is 148 Å². The molecule has 0 unspecified atom stereocenters. The summed E-state index contributed by atoms with van der Waals surface area (Å²) in [5, 5.41) is 3.02. The number of benzene rings is 2. The van der Waals surface area contributed by atoms with Crippen LogP contribution in [-0.4, -0.2) is 21.9 Å². The molecule has 1 amide bonds. The van der Waals surface area contributed by atoms with E-state index < -0.39 is 0 Å². The zero-order valence-corrected chi connectivity index (χ0v) is 14.6. The number of hydrogen-bond acceptors (Lipinski definition) is 5. The Bertz CT molecular complexity index is 894. The van der Waals surface area contributed by atoms with Crippen LogP contribution in [-0.2, 0) is 4.79 Å². The smallest absolute Gasteiger partial charge is 0.264 e. The first-order valence-corrected chi connectivity index (χ1v) is 8.38. The SMILES string of the molecule is Cc1ccc(OCC(=O)Nc2nc(-c3ccc(F)cc3)ns2)c(C)c1. The van der Waals surface area contributed by atoms with Crippen LogP contribution < -0.4 is 10.1 Å². The van der Waals surface area contributed by atoms with Crippen LogP contribution >= 0.6 is 11.5 Å². The van der Waals surface area contributed by atoms with Crippen molar-refractivity contribution in [3.05, 3.63) is 59.4 Å². The van der Waals surface area contributed by atoms with Gasteiger partial charge in [-0.25, -0.2) is 4.39 Å². The van der Waals surface area contributed by atoms with Gasteiger partial charge in [-0.3, -0.25) is 10.1 Å². The van der Waals surface area contributed by atoms with Gasteiger partial charge in [0.05, 0.1) is 0 Å². The predicted molar refractivity (Wildman–Crippen MR) is 95.3 cm³/mol. The van der Waals surface area contributed by atoms with Crippen LogP contribution in [0.3, 0.4) is 0 Å². The molecule has 0 radical (unpaired) electrons. The molecule has 0 saturated heterocycles. The molecule has 3 rings (SSSR count). The number of ether oxygens (including phenoxy) is 1. The first-order chi connectivity index (χ1) is 12.0. The zero-order chi connectivity index (χ0) is 17.8. The third-order valence-electron chi connectivity index (χ3n) is 3.46. The van der Waals surface area contributed by atoms with E-state index in [1.807, 2.05) is 32.0 Å². The van der Waals surface area contributed by atoms with Crippen LogP contribution in [0.2, 0.25) is 0 Å². The second-order valence-corrected chi connectivity index (χ2v) is 6.29. The highest BCUT2D eigenvalue weighted by Gasteiger charge is 2.11. The molecule has 0 aliphatic heterocycles. The summed E-state index contributed by atoms with van der Waals surface area (Å²) in [4.78, 5) is 16.2. The molecular formula is C18H16FN3O2S. The van der Waals surface area contributed by atoms with E-state index in [4.69, 9.17) is 4.74 Å². The molecule has 0 bridgehead atoms. The Balaban J connectivity index is 1.59. The van der Waals surface area contributed by atoms with Crippen LogP contribution in [0.1, 0.15) is 11.1 Å². The van der Waals surface area contributed by atoms with Crippen molar-refractivity contribution >= 4 is 22.6 Å². The minimum Gasteiger partial charge on any atom is -0.483 e. The molecule has 7 heteroatoms. The lowest BCUT2D eigenvalue weighted by atomic mass is 10.1. The van der Waals surface area contributed by atoms with Crippen LogP contribution in [0, 0.1) is 19.7 Å². The lowest BCUT2D eigenvalue weighted by Gasteiger charge is -2.09. The van der Waals surface area contributed by atoms with Gasteiger partial charge < -0.3 is 4.74 Å². The number of amides is 1. The summed E-state index contributed by atoms with van der Waals surface area (Å²) in [6.45, 7) is 3.81. The van der Waals surface area contributed by atoms with E-state index in [-0.39, 0.29) is 18.3 Å². The summed E-state index contributed by atoms with van der Waals surface area (Å²) in [6.07, 6.45) is 0. The quantitative estimate of drug-likeness (QED) is 0.750. The summed E-state index contributed by atoms with van der Waals surface area (Å²) >= 11 is 1.06. The maximum Gasteiger partial charge on any atom is 0.264 e. The number of nitrogens with one attached hydrogen (secondary N) is 1. The molecule has 2 aromatic carbocycles. The van der Waals surface area contributed by atoms with Gasteiger partial charge in [0.25, 0.3) is 5.91 Å². The van der Waals surface area contributed by atoms with E-state index in [0.29, 0.717) is 22.3 Å². The third kappa shape index (κ3) is 4.39. The van der Waals surface area contributed by atoms with E-state index in [2.05, 4.69) is 14.7 Å². The molecule has 0 fully saturated rings. The Morgan fingerprint density at radius 3 is 2.68 bits per heavy atom. The molecule has 1 N–H and O–H groups in total. The maximum absolute atomic E-state index is 12.9.